The maximum absolute atomic E-state index is 12.8. The summed E-state index contributed by atoms with van der Waals surface area (Å²) in [7, 11) is 0. The third-order valence-electron chi connectivity index (χ3n) is 6.08. The highest BCUT2D eigenvalue weighted by Crippen LogP contribution is 2.25. The minimum atomic E-state index is -0.0469. The number of aromatic nitrogens is 4. The molecule has 0 spiro atoms. The largest absolute Gasteiger partial charge is 0.341 e. The molecule has 0 unspecified atom stereocenters. The highest BCUT2D eigenvalue weighted by atomic mass is 32.1. The molecule has 1 fully saturated rings. The van der Waals surface area contributed by atoms with Crippen LogP contribution in [0.3, 0.4) is 0 Å². The molecule has 31 heavy (non-hydrogen) atoms. The Hall–Kier alpha value is -2.52. The quantitative estimate of drug-likeness (QED) is 0.586. The maximum atomic E-state index is 12.8. The van der Waals surface area contributed by atoms with Crippen molar-refractivity contribution in [2.75, 3.05) is 26.2 Å². The molecule has 0 N–H and O–H groups in total. The number of thiophene rings is 1. The molecule has 166 valence electrons. The summed E-state index contributed by atoms with van der Waals surface area (Å²) in [6.07, 6.45) is 6.87. The van der Waals surface area contributed by atoms with Gasteiger partial charge >= 0.3 is 0 Å². The molecule has 4 rings (SSSR count). The fourth-order valence-electron chi connectivity index (χ4n) is 4.10. The second-order valence-electron chi connectivity index (χ2n) is 8.17. The second kappa shape index (κ2) is 9.32. The third kappa shape index (κ3) is 4.72. The van der Waals surface area contributed by atoms with Crippen LogP contribution in [0, 0.1) is 13.8 Å². The number of hydrogen-bond acceptors (Lipinski definition) is 6. The van der Waals surface area contributed by atoms with E-state index in [1.165, 1.54) is 5.56 Å². The van der Waals surface area contributed by atoms with Crippen LogP contribution in [-0.2, 0) is 24.4 Å². The summed E-state index contributed by atoms with van der Waals surface area (Å²) in [5.41, 5.74) is 2.16. The Morgan fingerprint density at radius 2 is 2.03 bits per heavy atom. The van der Waals surface area contributed by atoms with E-state index in [1.54, 1.807) is 22.2 Å². The van der Waals surface area contributed by atoms with E-state index in [1.807, 2.05) is 29.6 Å². The van der Waals surface area contributed by atoms with Crippen molar-refractivity contribution in [3.8, 4) is 0 Å². The molecule has 1 aliphatic rings. The SMILES string of the molecule is CCn1cc(CN2CCCN(C(=O)CCn3cnc4sc(C)c(C)c4c3=O)CC2)cn1. The van der Waals surface area contributed by atoms with E-state index in [2.05, 4.69) is 28.1 Å². The van der Waals surface area contributed by atoms with Crippen molar-refractivity contribution in [3.63, 3.8) is 0 Å². The van der Waals surface area contributed by atoms with E-state index in [0.29, 0.717) is 18.4 Å². The lowest BCUT2D eigenvalue weighted by Gasteiger charge is -2.22. The first-order chi connectivity index (χ1) is 15.0. The molecule has 0 aliphatic carbocycles. The van der Waals surface area contributed by atoms with Gasteiger partial charge in [0.15, 0.2) is 0 Å². The zero-order valence-corrected chi connectivity index (χ0v) is 19.3. The molecular weight excluding hydrogens is 412 g/mol. The molecule has 9 heteroatoms. The van der Waals surface area contributed by atoms with Gasteiger partial charge in [-0.05, 0) is 32.8 Å². The van der Waals surface area contributed by atoms with Gasteiger partial charge in [-0.1, -0.05) is 0 Å². The van der Waals surface area contributed by atoms with Gasteiger partial charge in [0.1, 0.15) is 4.83 Å². The highest BCUT2D eigenvalue weighted by molar-refractivity contribution is 7.18. The van der Waals surface area contributed by atoms with E-state index < -0.39 is 0 Å². The number of carbonyl (C=O) groups is 1. The summed E-state index contributed by atoms with van der Waals surface area (Å²) < 4.78 is 3.52. The van der Waals surface area contributed by atoms with Crippen molar-refractivity contribution >= 4 is 27.5 Å². The molecule has 0 bridgehead atoms. The van der Waals surface area contributed by atoms with Gasteiger partial charge in [0, 0.05) is 68.9 Å². The number of amides is 1. The minimum absolute atomic E-state index is 0.0469. The Bertz CT molecular complexity index is 1130. The van der Waals surface area contributed by atoms with Crippen molar-refractivity contribution < 1.29 is 4.79 Å². The van der Waals surface area contributed by atoms with Gasteiger partial charge in [-0.3, -0.25) is 23.7 Å². The van der Waals surface area contributed by atoms with Crippen LogP contribution in [0.4, 0.5) is 0 Å². The fourth-order valence-corrected chi connectivity index (χ4v) is 5.09. The summed E-state index contributed by atoms with van der Waals surface area (Å²) in [5, 5.41) is 5.03. The van der Waals surface area contributed by atoms with Gasteiger partial charge in [0.05, 0.1) is 17.9 Å². The summed E-state index contributed by atoms with van der Waals surface area (Å²) in [6, 6.07) is 0. The summed E-state index contributed by atoms with van der Waals surface area (Å²) >= 11 is 1.54. The smallest absolute Gasteiger partial charge is 0.262 e. The summed E-state index contributed by atoms with van der Waals surface area (Å²) in [5.74, 6) is 0.103. The molecule has 1 aliphatic heterocycles. The molecule has 3 aromatic heterocycles. The maximum Gasteiger partial charge on any atom is 0.262 e. The lowest BCUT2D eigenvalue weighted by atomic mass is 10.2. The van der Waals surface area contributed by atoms with Gasteiger partial charge < -0.3 is 4.90 Å². The Morgan fingerprint density at radius 3 is 2.81 bits per heavy atom. The Labute approximate surface area is 186 Å². The number of rotatable bonds is 6. The normalized spacial score (nSPS) is 15.5. The minimum Gasteiger partial charge on any atom is -0.341 e. The molecule has 8 nitrogen and oxygen atoms in total. The Balaban J connectivity index is 1.34. The van der Waals surface area contributed by atoms with Crippen LogP contribution in [0.5, 0.6) is 0 Å². The van der Waals surface area contributed by atoms with Crippen LogP contribution >= 0.6 is 11.3 Å². The van der Waals surface area contributed by atoms with Crippen molar-refractivity contribution in [1.29, 1.82) is 0 Å². The first-order valence-electron chi connectivity index (χ1n) is 10.9. The van der Waals surface area contributed by atoms with E-state index >= 15 is 0 Å². The van der Waals surface area contributed by atoms with Crippen LogP contribution in [-0.4, -0.2) is 61.2 Å². The zero-order chi connectivity index (χ0) is 22.0. The van der Waals surface area contributed by atoms with E-state index in [-0.39, 0.29) is 11.5 Å². The average Bonchev–Trinajstić information content (AvgIpc) is 3.24. The molecule has 0 radical (unpaired) electrons. The van der Waals surface area contributed by atoms with Gasteiger partial charge in [-0.25, -0.2) is 4.98 Å². The summed E-state index contributed by atoms with van der Waals surface area (Å²) in [6.45, 7) is 11.5. The van der Waals surface area contributed by atoms with Gasteiger partial charge in [0.2, 0.25) is 5.91 Å². The van der Waals surface area contributed by atoms with Crippen LogP contribution in [0.25, 0.3) is 10.2 Å². The summed E-state index contributed by atoms with van der Waals surface area (Å²) in [4.78, 5) is 36.3. The molecule has 0 saturated carbocycles. The first-order valence-corrected chi connectivity index (χ1v) is 11.7. The Kier molecular flexibility index (Phi) is 6.52. The van der Waals surface area contributed by atoms with E-state index in [4.69, 9.17) is 0 Å². The molecule has 1 amide bonds. The van der Waals surface area contributed by atoms with Crippen molar-refractivity contribution in [2.45, 2.75) is 53.2 Å². The molecular formula is C22H30N6O2S. The standard InChI is InChI=1S/C22H30N6O2S/c1-4-28-14-18(12-24-28)13-25-7-5-8-26(11-10-25)19(29)6-9-27-15-23-21-20(22(27)30)16(2)17(3)31-21/h12,14-15H,4-11,13H2,1-3H3. The predicted octanol–water partition coefficient (Wildman–Crippen LogP) is 2.42. The molecule has 0 atom stereocenters. The molecule has 1 saturated heterocycles. The molecule has 3 aromatic rings. The number of carbonyl (C=O) groups excluding carboxylic acids is 1. The highest BCUT2D eigenvalue weighted by Gasteiger charge is 2.20. The monoisotopic (exact) mass is 442 g/mol. The number of aryl methyl sites for hydroxylation is 4. The second-order valence-corrected chi connectivity index (χ2v) is 9.37. The van der Waals surface area contributed by atoms with E-state index in [9.17, 15) is 9.59 Å². The first kappa shape index (κ1) is 21.7. The van der Waals surface area contributed by atoms with Gasteiger partial charge in [0.25, 0.3) is 5.56 Å². The third-order valence-corrected chi connectivity index (χ3v) is 7.20. The van der Waals surface area contributed by atoms with Crippen LogP contribution in [0.2, 0.25) is 0 Å². The zero-order valence-electron chi connectivity index (χ0n) is 18.5. The number of nitrogens with zero attached hydrogens (tertiary/aromatic N) is 6. The van der Waals surface area contributed by atoms with Crippen LogP contribution < -0.4 is 5.56 Å². The van der Waals surface area contributed by atoms with Crippen molar-refractivity contribution in [2.24, 2.45) is 0 Å². The van der Waals surface area contributed by atoms with Crippen molar-refractivity contribution in [1.82, 2.24) is 29.1 Å². The average molecular weight is 443 g/mol. The Morgan fingerprint density at radius 1 is 1.19 bits per heavy atom. The lowest BCUT2D eigenvalue weighted by molar-refractivity contribution is -0.131. The van der Waals surface area contributed by atoms with Crippen LogP contribution in [0.15, 0.2) is 23.5 Å². The van der Waals surface area contributed by atoms with Gasteiger partial charge in [-0.2, -0.15) is 5.10 Å². The number of fused-ring (bicyclic) bond motifs is 1. The topological polar surface area (TPSA) is 76.3 Å². The van der Waals surface area contributed by atoms with E-state index in [0.717, 1.165) is 61.0 Å². The lowest BCUT2D eigenvalue weighted by Crippen LogP contribution is -2.36. The van der Waals surface area contributed by atoms with Crippen molar-refractivity contribution in [3.05, 3.63) is 45.1 Å². The fraction of sp³-hybridized carbons (Fsp3) is 0.545. The van der Waals surface area contributed by atoms with Crippen LogP contribution in [0.1, 0.15) is 35.8 Å². The molecule has 4 heterocycles. The number of hydrogen-bond donors (Lipinski definition) is 0. The predicted molar refractivity (Wildman–Crippen MR) is 122 cm³/mol. The van der Waals surface area contributed by atoms with Gasteiger partial charge in [-0.15, -0.1) is 11.3 Å². The molecule has 0 aromatic carbocycles.